The van der Waals surface area contributed by atoms with E-state index in [-0.39, 0.29) is 36.8 Å². The van der Waals surface area contributed by atoms with Gasteiger partial charge in [-0.2, -0.15) is 17.4 Å². The molecule has 0 aromatic heterocycles. The lowest BCUT2D eigenvalue weighted by atomic mass is 9.77. The zero-order valence-electron chi connectivity index (χ0n) is 21.9. The molecule has 2 N–H and O–H groups in total. The number of ether oxygens (including phenoxy) is 1. The summed E-state index contributed by atoms with van der Waals surface area (Å²) in [7, 11) is -5.41. The molecule has 3 fully saturated rings. The maximum absolute atomic E-state index is 13.5. The SMILES string of the molecule is COc1ccc2c(c1)CCN1C[C@@H]3CCCN(S(=O)(=O)CCCNS(=O)(=O)NC4CCCCC4)[C@@H]3C[C@@H]21. The summed E-state index contributed by atoms with van der Waals surface area (Å²) >= 11 is 0. The summed E-state index contributed by atoms with van der Waals surface area (Å²) in [5.41, 5.74) is 2.60. The van der Waals surface area contributed by atoms with Crippen molar-refractivity contribution < 1.29 is 21.6 Å². The molecule has 37 heavy (non-hydrogen) atoms. The molecular weight excluding hydrogens is 512 g/mol. The lowest BCUT2D eigenvalue weighted by Gasteiger charge is -2.51. The Morgan fingerprint density at radius 2 is 1.84 bits per heavy atom. The second-order valence-corrected chi connectivity index (χ2v) is 14.7. The average Bonchev–Trinajstić information content (AvgIpc) is 2.89. The Morgan fingerprint density at radius 3 is 2.62 bits per heavy atom. The van der Waals surface area contributed by atoms with E-state index in [1.807, 2.05) is 6.07 Å². The fraction of sp³-hybridized carbons (Fsp3) is 0.769. The number of nitrogens with zero attached hydrogens (tertiary/aromatic N) is 2. The van der Waals surface area contributed by atoms with Gasteiger partial charge in [0.05, 0.1) is 12.9 Å². The number of sulfonamides is 1. The Balaban J connectivity index is 1.20. The van der Waals surface area contributed by atoms with Crippen molar-refractivity contribution in [3.8, 4) is 5.75 Å². The first-order valence-electron chi connectivity index (χ1n) is 13.9. The van der Waals surface area contributed by atoms with Crippen LogP contribution in [0.5, 0.6) is 5.75 Å². The molecule has 0 radical (unpaired) electrons. The van der Waals surface area contributed by atoms with Crippen LogP contribution in [0.1, 0.15) is 75.0 Å². The van der Waals surface area contributed by atoms with Crippen molar-refractivity contribution in [1.29, 1.82) is 0 Å². The van der Waals surface area contributed by atoms with Gasteiger partial charge in [0, 0.05) is 44.3 Å². The van der Waals surface area contributed by atoms with Gasteiger partial charge in [-0.1, -0.05) is 25.3 Å². The molecule has 1 aromatic rings. The third-order valence-electron chi connectivity index (χ3n) is 8.77. The molecule has 1 aromatic carbocycles. The zero-order chi connectivity index (χ0) is 26.0. The summed E-state index contributed by atoms with van der Waals surface area (Å²) in [6.07, 6.45) is 8.97. The summed E-state index contributed by atoms with van der Waals surface area (Å²) in [6, 6.07) is 6.49. The first-order valence-corrected chi connectivity index (χ1v) is 17.0. The molecular formula is C26H42N4O5S2. The second kappa shape index (κ2) is 11.5. The minimum absolute atomic E-state index is 0.00212. The highest BCUT2D eigenvalue weighted by atomic mass is 32.2. The van der Waals surface area contributed by atoms with Crippen LogP contribution in [0, 0.1) is 5.92 Å². The Bertz CT molecular complexity index is 1150. The molecule has 0 bridgehead atoms. The standard InChI is InChI=1S/C26H42N4O5S2/c1-35-23-10-11-24-20(17-23)12-15-29-19-21-7-5-14-30(25(21)18-26(24)29)36(31,32)16-6-13-27-37(33,34)28-22-8-3-2-4-9-22/h10-11,17,21-22,25-28H,2-9,12-16,18-19H2,1H3/t21-,25+,26-/m0/s1. The third-order valence-corrected chi connectivity index (χ3v) is 12.0. The van der Waals surface area contributed by atoms with Gasteiger partial charge < -0.3 is 4.74 Å². The lowest BCUT2D eigenvalue weighted by Crippen LogP contribution is -2.57. The second-order valence-electron chi connectivity index (χ2n) is 11.2. The number of methoxy groups -OCH3 is 1. The Morgan fingerprint density at radius 1 is 1.03 bits per heavy atom. The van der Waals surface area contributed by atoms with E-state index >= 15 is 0 Å². The predicted octanol–water partition coefficient (Wildman–Crippen LogP) is 2.56. The molecule has 0 unspecified atom stereocenters. The molecule has 3 aliphatic heterocycles. The lowest BCUT2D eigenvalue weighted by molar-refractivity contribution is 0.0219. The van der Waals surface area contributed by atoms with Gasteiger partial charge in [0.15, 0.2) is 0 Å². The van der Waals surface area contributed by atoms with Crippen molar-refractivity contribution in [3.63, 3.8) is 0 Å². The van der Waals surface area contributed by atoms with Gasteiger partial charge in [-0.15, -0.1) is 0 Å². The number of nitrogens with one attached hydrogen (secondary N) is 2. The van der Waals surface area contributed by atoms with E-state index in [1.54, 1.807) is 11.4 Å². The van der Waals surface area contributed by atoms with E-state index in [9.17, 15) is 16.8 Å². The van der Waals surface area contributed by atoms with Gasteiger partial charge in [-0.3, -0.25) is 4.90 Å². The fourth-order valence-electron chi connectivity index (χ4n) is 6.92. The normalized spacial score (nSPS) is 27.8. The molecule has 4 aliphatic rings. The number of hydrogen-bond acceptors (Lipinski definition) is 6. The minimum Gasteiger partial charge on any atom is -0.497 e. The van der Waals surface area contributed by atoms with Crippen molar-refractivity contribution in [1.82, 2.24) is 18.6 Å². The third kappa shape index (κ3) is 6.33. The smallest absolute Gasteiger partial charge is 0.277 e. The molecule has 3 atom stereocenters. The monoisotopic (exact) mass is 554 g/mol. The molecule has 11 heteroatoms. The number of fused-ring (bicyclic) bond motifs is 4. The molecule has 0 spiro atoms. The molecule has 9 nitrogen and oxygen atoms in total. The highest BCUT2D eigenvalue weighted by Crippen LogP contribution is 2.44. The van der Waals surface area contributed by atoms with Gasteiger partial charge in [-0.05, 0) is 74.1 Å². The van der Waals surface area contributed by atoms with E-state index in [4.69, 9.17) is 4.74 Å². The van der Waals surface area contributed by atoms with E-state index in [1.165, 1.54) is 11.1 Å². The van der Waals surface area contributed by atoms with Crippen molar-refractivity contribution in [3.05, 3.63) is 29.3 Å². The summed E-state index contributed by atoms with van der Waals surface area (Å²) in [6.45, 7) is 2.60. The van der Waals surface area contributed by atoms with E-state index < -0.39 is 20.2 Å². The first-order chi connectivity index (χ1) is 17.8. The number of hydrogen-bond donors (Lipinski definition) is 2. The van der Waals surface area contributed by atoms with Crippen LogP contribution in [0.2, 0.25) is 0 Å². The van der Waals surface area contributed by atoms with E-state index in [2.05, 4.69) is 26.5 Å². The molecule has 0 amide bonds. The Kier molecular flexibility index (Phi) is 8.48. The molecule has 208 valence electrons. The van der Waals surface area contributed by atoms with Crippen LogP contribution >= 0.6 is 0 Å². The van der Waals surface area contributed by atoms with E-state index in [0.717, 1.165) is 76.6 Å². The minimum atomic E-state index is -3.61. The van der Waals surface area contributed by atoms with E-state index in [0.29, 0.717) is 12.5 Å². The largest absolute Gasteiger partial charge is 0.497 e. The number of rotatable bonds is 9. The van der Waals surface area contributed by atoms with Crippen molar-refractivity contribution in [2.24, 2.45) is 5.92 Å². The molecule has 1 aliphatic carbocycles. The highest BCUT2D eigenvalue weighted by molar-refractivity contribution is 7.89. The molecule has 2 saturated heterocycles. The van der Waals surface area contributed by atoms with Crippen molar-refractivity contribution in [2.45, 2.75) is 82.3 Å². The predicted molar refractivity (Wildman–Crippen MR) is 144 cm³/mol. The van der Waals surface area contributed by atoms with Crippen LogP contribution in [0.3, 0.4) is 0 Å². The van der Waals surface area contributed by atoms with Crippen LogP contribution in [0.4, 0.5) is 0 Å². The van der Waals surface area contributed by atoms with Crippen LogP contribution in [0.25, 0.3) is 0 Å². The first kappa shape index (κ1) is 27.3. The zero-order valence-corrected chi connectivity index (χ0v) is 23.5. The van der Waals surface area contributed by atoms with Gasteiger partial charge in [0.1, 0.15) is 5.75 Å². The summed E-state index contributed by atoms with van der Waals surface area (Å²) in [4.78, 5) is 2.54. The van der Waals surface area contributed by atoms with Gasteiger partial charge in [0.25, 0.3) is 10.2 Å². The molecule has 1 saturated carbocycles. The Hall–Kier alpha value is -1.24. The maximum atomic E-state index is 13.5. The van der Waals surface area contributed by atoms with Crippen molar-refractivity contribution in [2.75, 3.05) is 39.0 Å². The Labute approximate surface area is 222 Å². The van der Waals surface area contributed by atoms with Gasteiger partial charge in [0.2, 0.25) is 10.0 Å². The fourth-order valence-corrected chi connectivity index (χ4v) is 9.92. The number of benzene rings is 1. The van der Waals surface area contributed by atoms with Gasteiger partial charge in [-0.25, -0.2) is 13.1 Å². The summed E-state index contributed by atoms with van der Waals surface area (Å²) < 4.78 is 64.2. The van der Waals surface area contributed by atoms with Crippen LogP contribution in [0.15, 0.2) is 18.2 Å². The van der Waals surface area contributed by atoms with Crippen LogP contribution in [-0.2, 0) is 26.7 Å². The topological polar surface area (TPSA) is 108 Å². The van der Waals surface area contributed by atoms with Crippen molar-refractivity contribution >= 4 is 20.2 Å². The summed E-state index contributed by atoms with van der Waals surface area (Å²) in [5.74, 6) is 1.18. The highest BCUT2D eigenvalue weighted by Gasteiger charge is 2.45. The molecule has 5 rings (SSSR count). The van der Waals surface area contributed by atoms with Crippen LogP contribution < -0.4 is 14.2 Å². The quantitative estimate of drug-likeness (QED) is 0.455. The molecule has 3 heterocycles. The van der Waals surface area contributed by atoms with Crippen LogP contribution in [-0.4, -0.2) is 77.2 Å². The summed E-state index contributed by atoms with van der Waals surface area (Å²) in [5, 5.41) is 0. The maximum Gasteiger partial charge on any atom is 0.277 e. The number of piperidine rings is 2. The van der Waals surface area contributed by atoms with Gasteiger partial charge >= 0.3 is 0 Å². The average molecular weight is 555 g/mol.